The van der Waals surface area contributed by atoms with Gasteiger partial charge in [-0.25, -0.2) is 9.18 Å². The molecule has 0 N–H and O–H groups in total. The Kier molecular flexibility index (Phi) is 2.07. The van der Waals surface area contributed by atoms with Gasteiger partial charge in [0.15, 0.2) is 0 Å². The minimum atomic E-state index is -0.968. The van der Waals surface area contributed by atoms with Crippen molar-refractivity contribution in [3.8, 4) is 0 Å². The van der Waals surface area contributed by atoms with Crippen LogP contribution in [0, 0.1) is 0 Å². The zero-order chi connectivity index (χ0) is 11.3. The van der Waals surface area contributed by atoms with Crippen LogP contribution in [0.1, 0.15) is 27.2 Å². The smallest absolute Gasteiger partial charge is 0.411 e. The van der Waals surface area contributed by atoms with Crippen molar-refractivity contribution >= 4 is 6.09 Å². The molecule has 2 aliphatic rings. The van der Waals surface area contributed by atoms with Gasteiger partial charge in [0.1, 0.15) is 17.3 Å². The van der Waals surface area contributed by atoms with E-state index in [1.807, 2.05) is 0 Å². The molecule has 2 rings (SSSR count). The molecule has 1 atom stereocenters. The number of likely N-dealkylation sites (tertiary alicyclic amines) is 1. The van der Waals surface area contributed by atoms with Crippen LogP contribution in [0.5, 0.6) is 0 Å². The molecular weight excluding hydrogens is 197 g/mol. The lowest BCUT2D eigenvalue weighted by Gasteiger charge is -2.29. The predicted molar refractivity (Wildman–Crippen MR) is 54.3 cm³/mol. The molecule has 1 aliphatic carbocycles. The molecule has 1 amide bonds. The Morgan fingerprint density at radius 2 is 2.13 bits per heavy atom. The quantitative estimate of drug-likeness (QED) is 0.578. The summed E-state index contributed by atoms with van der Waals surface area (Å²) >= 11 is 0. The van der Waals surface area contributed by atoms with E-state index in [1.165, 1.54) is 4.90 Å². The van der Waals surface area contributed by atoms with Crippen LogP contribution in [0.2, 0.25) is 0 Å². The van der Waals surface area contributed by atoms with Gasteiger partial charge in [0.2, 0.25) is 0 Å². The van der Waals surface area contributed by atoms with Crippen molar-refractivity contribution in [3.63, 3.8) is 0 Å². The fraction of sp³-hybridized carbons (Fsp3) is 0.727. The number of carbonyl (C=O) groups excluding carboxylic acids is 1. The molecule has 15 heavy (non-hydrogen) atoms. The summed E-state index contributed by atoms with van der Waals surface area (Å²) in [5.74, 6) is 0. The molecule has 0 radical (unpaired) electrons. The number of carbonyl (C=O) groups is 1. The van der Waals surface area contributed by atoms with Gasteiger partial charge in [-0.15, -0.1) is 0 Å². The largest absolute Gasteiger partial charge is 0.444 e. The fourth-order valence-electron chi connectivity index (χ4n) is 1.88. The first-order valence-corrected chi connectivity index (χ1v) is 5.20. The van der Waals surface area contributed by atoms with Gasteiger partial charge in [-0.1, -0.05) is 12.2 Å². The first kappa shape index (κ1) is 10.5. The Morgan fingerprint density at radius 3 is 2.60 bits per heavy atom. The van der Waals surface area contributed by atoms with Crippen LogP contribution in [0.15, 0.2) is 12.2 Å². The third-order valence-electron chi connectivity index (χ3n) is 2.70. The third-order valence-corrected chi connectivity index (χ3v) is 2.70. The molecule has 3 nitrogen and oxygen atoms in total. The minimum Gasteiger partial charge on any atom is -0.444 e. The highest BCUT2D eigenvalue weighted by Gasteiger charge is 2.55. The zero-order valence-corrected chi connectivity index (χ0v) is 9.29. The van der Waals surface area contributed by atoms with E-state index in [0.29, 0.717) is 13.0 Å². The topological polar surface area (TPSA) is 29.5 Å². The monoisotopic (exact) mass is 213 g/mol. The van der Waals surface area contributed by atoms with Crippen LogP contribution >= 0.6 is 0 Å². The van der Waals surface area contributed by atoms with E-state index in [1.54, 1.807) is 32.9 Å². The molecule has 0 bridgehead atoms. The Hall–Kier alpha value is -1.06. The number of nitrogens with zero attached hydrogens (tertiary/aromatic N) is 1. The summed E-state index contributed by atoms with van der Waals surface area (Å²) in [4.78, 5) is 13.2. The molecule has 1 aliphatic heterocycles. The lowest BCUT2D eigenvalue weighted by atomic mass is 10.1. The third kappa shape index (κ3) is 1.73. The highest BCUT2D eigenvalue weighted by atomic mass is 19.1. The van der Waals surface area contributed by atoms with E-state index in [-0.39, 0.29) is 0 Å². The van der Waals surface area contributed by atoms with Crippen molar-refractivity contribution in [2.45, 2.75) is 44.5 Å². The standard InChI is InChI=1S/C11H16FNO2/c1-10(2,3)15-9(14)13-7-4-8(12)11(13)5-6-11/h5-6,8H,4,7H2,1-3H3. The Morgan fingerprint density at radius 1 is 1.53 bits per heavy atom. The Bertz CT molecular complexity index is 313. The van der Waals surface area contributed by atoms with Crippen LogP contribution < -0.4 is 0 Å². The maximum absolute atomic E-state index is 13.5. The second-order valence-electron chi connectivity index (χ2n) is 5.11. The summed E-state index contributed by atoms with van der Waals surface area (Å²) in [7, 11) is 0. The summed E-state index contributed by atoms with van der Waals surface area (Å²) in [6, 6.07) is 0. The van der Waals surface area contributed by atoms with Gasteiger partial charge in [0.05, 0.1) is 0 Å². The van der Waals surface area contributed by atoms with Crippen LogP contribution in [0.3, 0.4) is 0 Å². The molecule has 84 valence electrons. The number of alkyl halides is 1. The predicted octanol–water partition coefficient (Wildman–Crippen LogP) is 2.27. The van der Waals surface area contributed by atoms with Crippen molar-refractivity contribution in [1.29, 1.82) is 0 Å². The van der Waals surface area contributed by atoms with Gasteiger partial charge >= 0.3 is 6.09 Å². The van der Waals surface area contributed by atoms with E-state index in [0.717, 1.165) is 0 Å². The number of halogens is 1. The van der Waals surface area contributed by atoms with E-state index < -0.39 is 23.4 Å². The van der Waals surface area contributed by atoms with Crippen LogP contribution in [0.25, 0.3) is 0 Å². The molecule has 1 fully saturated rings. The molecule has 0 aromatic heterocycles. The maximum atomic E-state index is 13.5. The van der Waals surface area contributed by atoms with Crippen LogP contribution in [0.4, 0.5) is 9.18 Å². The highest BCUT2D eigenvalue weighted by Crippen LogP contribution is 2.43. The molecule has 1 heterocycles. The summed E-state index contributed by atoms with van der Waals surface area (Å²) in [6.07, 6.45) is 2.47. The van der Waals surface area contributed by atoms with Crippen molar-refractivity contribution in [1.82, 2.24) is 4.90 Å². The lowest BCUT2D eigenvalue weighted by Crippen LogP contribution is -2.44. The summed E-state index contributed by atoms with van der Waals surface area (Å²) in [5.41, 5.74) is -1.27. The maximum Gasteiger partial charge on any atom is 0.411 e. The SMILES string of the molecule is CC(C)(C)OC(=O)N1CCC(F)C12C=C2. The summed E-state index contributed by atoms with van der Waals surface area (Å²) < 4.78 is 18.7. The molecule has 0 aromatic carbocycles. The van der Waals surface area contributed by atoms with Gasteiger partial charge in [-0.2, -0.15) is 0 Å². The zero-order valence-electron chi connectivity index (χ0n) is 9.29. The lowest BCUT2D eigenvalue weighted by molar-refractivity contribution is 0.0195. The first-order valence-electron chi connectivity index (χ1n) is 5.20. The minimum absolute atomic E-state index is 0.395. The average molecular weight is 213 g/mol. The molecule has 0 saturated carbocycles. The first-order chi connectivity index (χ1) is 6.85. The van der Waals surface area contributed by atoms with E-state index in [2.05, 4.69) is 0 Å². The number of hydrogen-bond acceptors (Lipinski definition) is 2. The van der Waals surface area contributed by atoms with Crippen molar-refractivity contribution in [3.05, 3.63) is 12.2 Å². The molecule has 0 aromatic rings. The van der Waals surface area contributed by atoms with Gasteiger partial charge in [0, 0.05) is 6.54 Å². The number of rotatable bonds is 0. The second-order valence-corrected chi connectivity index (χ2v) is 5.11. The Labute approximate surface area is 88.9 Å². The van der Waals surface area contributed by atoms with Crippen molar-refractivity contribution in [2.24, 2.45) is 0 Å². The number of amides is 1. The Balaban J connectivity index is 2.03. The second kappa shape index (κ2) is 2.97. The molecule has 1 saturated heterocycles. The number of ether oxygens (including phenoxy) is 1. The van der Waals surface area contributed by atoms with Crippen LogP contribution in [-0.4, -0.2) is 34.8 Å². The summed E-state index contributed by atoms with van der Waals surface area (Å²) in [6.45, 7) is 5.85. The summed E-state index contributed by atoms with van der Waals surface area (Å²) in [5, 5.41) is 0. The van der Waals surface area contributed by atoms with Gasteiger partial charge in [-0.3, -0.25) is 4.90 Å². The van der Waals surface area contributed by atoms with E-state index in [9.17, 15) is 9.18 Å². The molecular formula is C11H16FNO2. The van der Waals surface area contributed by atoms with E-state index >= 15 is 0 Å². The van der Waals surface area contributed by atoms with Gasteiger partial charge < -0.3 is 4.74 Å². The van der Waals surface area contributed by atoms with Crippen molar-refractivity contribution in [2.75, 3.05) is 6.54 Å². The molecule has 1 unspecified atom stereocenters. The fourth-order valence-corrected chi connectivity index (χ4v) is 1.88. The molecule has 1 spiro atoms. The average Bonchev–Trinajstić information content (AvgIpc) is 2.75. The normalized spacial score (nSPS) is 27.2. The van der Waals surface area contributed by atoms with E-state index in [4.69, 9.17) is 4.74 Å². The molecule has 4 heteroatoms. The highest BCUT2D eigenvalue weighted by molar-refractivity contribution is 5.73. The van der Waals surface area contributed by atoms with Crippen molar-refractivity contribution < 1.29 is 13.9 Å². The number of hydrogen-bond donors (Lipinski definition) is 0. The van der Waals surface area contributed by atoms with Gasteiger partial charge in [0.25, 0.3) is 0 Å². The van der Waals surface area contributed by atoms with Gasteiger partial charge in [-0.05, 0) is 27.2 Å². The van der Waals surface area contributed by atoms with Crippen LogP contribution in [-0.2, 0) is 4.74 Å².